The monoisotopic (exact) mass is 259 g/mol. The summed E-state index contributed by atoms with van der Waals surface area (Å²) >= 11 is 0. The minimum absolute atomic E-state index is 0.0236. The number of benzene rings is 1. The van der Waals surface area contributed by atoms with Gasteiger partial charge >= 0.3 is 0 Å². The Kier molecular flexibility index (Phi) is 4.32. The fraction of sp³-hybridized carbons (Fsp3) is 0.467. The van der Waals surface area contributed by atoms with Gasteiger partial charge in [0.2, 0.25) is 0 Å². The number of aromatic nitrogens is 2. The first kappa shape index (κ1) is 13.7. The molecular formula is C15H21N3O. The third kappa shape index (κ3) is 2.84. The summed E-state index contributed by atoms with van der Waals surface area (Å²) in [5.74, 6) is 0.261. The van der Waals surface area contributed by atoms with E-state index in [9.17, 15) is 4.79 Å². The normalized spacial score (nSPS) is 12.8. The molecule has 0 amide bonds. The summed E-state index contributed by atoms with van der Waals surface area (Å²) in [6.07, 6.45) is 0.413. The van der Waals surface area contributed by atoms with Gasteiger partial charge in [-0.05, 0) is 20.0 Å². The summed E-state index contributed by atoms with van der Waals surface area (Å²) in [7, 11) is 1.87. The molecule has 0 spiro atoms. The van der Waals surface area contributed by atoms with Crippen molar-refractivity contribution in [2.45, 2.75) is 26.8 Å². The highest BCUT2D eigenvalue weighted by Crippen LogP contribution is 2.19. The number of nitrogens with one attached hydrogen (secondary N) is 1. The lowest BCUT2D eigenvalue weighted by atomic mass is 10.0. The van der Waals surface area contributed by atoms with Crippen LogP contribution in [0.5, 0.6) is 0 Å². The lowest BCUT2D eigenvalue weighted by Gasteiger charge is -2.08. The van der Waals surface area contributed by atoms with E-state index in [4.69, 9.17) is 0 Å². The van der Waals surface area contributed by atoms with Crippen LogP contribution < -0.4 is 5.32 Å². The van der Waals surface area contributed by atoms with Gasteiger partial charge < -0.3 is 5.32 Å². The molecule has 1 heterocycles. The zero-order valence-corrected chi connectivity index (χ0v) is 11.8. The van der Waals surface area contributed by atoms with Crippen LogP contribution >= 0.6 is 0 Å². The van der Waals surface area contributed by atoms with Crippen molar-refractivity contribution in [3.05, 3.63) is 30.0 Å². The minimum atomic E-state index is 0.0236. The van der Waals surface area contributed by atoms with Crippen molar-refractivity contribution in [3.8, 4) is 0 Å². The molecule has 2 rings (SSSR count). The topological polar surface area (TPSA) is 46.9 Å². The van der Waals surface area contributed by atoms with Crippen molar-refractivity contribution in [1.82, 2.24) is 15.1 Å². The van der Waals surface area contributed by atoms with Crippen LogP contribution in [-0.2, 0) is 17.8 Å². The second kappa shape index (κ2) is 5.97. The van der Waals surface area contributed by atoms with E-state index in [1.165, 1.54) is 0 Å². The van der Waals surface area contributed by atoms with Crippen molar-refractivity contribution in [3.63, 3.8) is 0 Å². The van der Waals surface area contributed by atoms with Crippen molar-refractivity contribution in [2.75, 3.05) is 13.6 Å². The summed E-state index contributed by atoms with van der Waals surface area (Å²) in [5.41, 5.74) is 2.00. The first-order valence-electron chi connectivity index (χ1n) is 6.79. The third-order valence-electron chi connectivity index (χ3n) is 3.44. The quantitative estimate of drug-likeness (QED) is 0.863. The maximum atomic E-state index is 12.2. The molecule has 0 radical (unpaired) electrons. The van der Waals surface area contributed by atoms with Gasteiger partial charge in [-0.3, -0.25) is 9.48 Å². The first-order valence-corrected chi connectivity index (χ1v) is 6.79. The number of Topliss-reactive ketones (excluding diaryl/α,β-unsaturated/α-hetero) is 1. The maximum absolute atomic E-state index is 12.2. The predicted molar refractivity (Wildman–Crippen MR) is 77.2 cm³/mol. The average molecular weight is 259 g/mol. The zero-order valence-electron chi connectivity index (χ0n) is 11.8. The van der Waals surface area contributed by atoms with E-state index in [0.717, 1.165) is 23.1 Å². The number of hydrogen-bond donors (Lipinski definition) is 1. The molecule has 0 aliphatic rings. The highest BCUT2D eigenvalue weighted by atomic mass is 16.1. The fourth-order valence-corrected chi connectivity index (χ4v) is 2.33. The van der Waals surface area contributed by atoms with Gasteiger partial charge in [0, 0.05) is 24.4 Å². The molecule has 0 saturated heterocycles. The Morgan fingerprint density at radius 1 is 1.42 bits per heavy atom. The summed E-state index contributed by atoms with van der Waals surface area (Å²) < 4.78 is 1.96. The van der Waals surface area contributed by atoms with Crippen LogP contribution in [0.1, 0.15) is 19.5 Å². The van der Waals surface area contributed by atoms with Gasteiger partial charge in [-0.15, -0.1) is 0 Å². The number of nitrogens with zero attached hydrogens (tertiary/aromatic N) is 2. The Bertz CT molecular complexity index is 574. The fourth-order valence-electron chi connectivity index (χ4n) is 2.33. The predicted octanol–water partition coefficient (Wildman–Crippen LogP) is 2.02. The van der Waals surface area contributed by atoms with Crippen molar-refractivity contribution >= 4 is 16.7 Å². The lowest BCUT2D eigenvalue weighted by molar-refractivity contribution is -0.121. The second-order valence-electron chi connectivity index (χ2n) is 4.88. The number of carbonyl (C=O) groups excluding carboxylic acids is 1. The molecule has 1 aromatic carbocycles. The zero-order chi connectivity index (χ0) is 13.8. The van der Waals surface area contributed by atoms with Gasteiger partial charge in [0.1, 0.15) is 5.78 Å². The molecule has 0 bridgehead atoms. The molecular weight excluding hydrogens is 238 g/mol. The molecule has 19 heavy (non-hydrogen) atoms. The maximum Gasteiger partial charge on any atom is 0.142 e. The van der Waals surface area contributed by atoms with Gasteiger partial charge in [-0.25, -0.2) is 0 Å². The molecule has 0 fully saturated rings. The molecule has 1 unspecified atom stereocenters. The number of fused-ring (bicyclic) bond motifs is 1. The Morgan fingerprint density at radius 3 is 2.84 bits per heavy atom. The molecule has 4 heteroatoms. The summed E-state index contributed by atoms with van der Waals surface area (Å²) in [5, 5.41) is 8.70. The van der Waals surface area contributed by atoms with Gasteiger partial charge in [-0.1, -0.05) is 25.1 Å². The van der Waals surface area contributed by atoms with Crippen LogP contribution in [0.3, 0.4) is 0 Å². The first-order chi connectivity index (χ1) is 9.17. The molecule has 1 atom stereocenters. The summed E-state index contributed by atoms with van der Waals surface area (Å²) in [6, 6.07) is 8.09. The summed E-state index contributed by atoms with van der Waals surface area (Å²) in [4.78, 5) is 12.2. The van der Waals surface area contributed by atoms with Crippen LogP contribution in [0.2, 0.25) is 0 Å². The molecule has 0 saturated carbocycles. The van der Waals surface area contributed by atoms with Gasteiger partial charge in [-0.2, -0.15) is 5.10 Å². The number of carbonyl (C=O) groups is 1. The van der Waals surface area contributed by atoms with E-state index < -0.39 is 0 Å². The van der Waals surface area contributed by atoms with E-state index in [-0.39, 0.29) is 11.7 Å². The average Bonchev–Trinajstić information content (AvgIpc) is 2.77. The van der Waals surface area contributed by atoms with Gasteiger partial charge in [0.15, 0.2) is 0 Å². The number of rotatable bonds is 6. The number of ketones is 1. The lowest BCUT2D eigenvalue weighted by Crippen LogP contribution is -2.25. The van der Waals surface area contributed by atoms with E-state index >= 15 is 0 Å². The number of hydrogen-bond acceptors (Lipinski definition) is 3. The Hall–Kier alpha value is -1.68. The number of aryl methyl sites for hydroxylation is 1. The molecule has 1 aromatic heterocycles. The molecule has 0 aliphatic carbocycles. The van der Waals surface area contributed by atoms with Crippen LogP contribution in [-0.4, -0.2) is 29.2 Å². The number of para-hydroxylation sites is 1. The largest absolute Gasteiger partial charge is 0.319 e. The minimum Gasteiger partial charge on any atom is -0.319 e. The third-order valence-corrected chi connectivity index (χ3v) is 3.44. The Labute approximate surface area is 113 Å². The smallest absolute Gasteiger partial charge is 0.142 e. The molecule has 2 aromatic rings. The molecule has 4 nitrogen and oxygen atoms in total. The summed E-state index contributed by atoms with van der Waals surface area (Å²) in [6.45, 7) is 5.55. The van der Waals surface area contributed by atoms with Crippen molar-refractivity contribution in [1.29, 1.82) is 0 Å². The highest BCUT2D eigenvalue weighted by Gasteiger charge is 2.17. The highest BCUT2D eigenvalue weighted by molar-refractivity contribution is 5.89. The van der Waals surface area contributed by atoms with E-state index in [2.05, 4.69) is 23.4 Å². The standard InChI is InChI=1S/C15H21N3O/c1-4-18-14-8-6-5-7-12(14)13(17-18)9-15(19)11(2)10-16-3/h5-8,11,16H,4,9-10H2,1-3H3. The van der Waals surface area contributed by atoms with Crippen LogP contribution in [0.25, 0.3) is 10.9 Å². The van der Waals surface area contributed by atoms with Crippen LogP contribution in [0.4, 0.5) is 0 Å². The van der Waals surface area contributed by atoms with E-state index in [1.807, 2.05) is 36.9 Å². The molecule has 0 aliphatic heterocycles. The Morgan fingerprint density at radius 2 is 2.16 bits per heavy atom. The van der Waals surface area contributed by atoms with Gasteiger partial charge in [0.05, 0.1) is 17.6 Å². The van der Waals surface area contributed by atoms with Crippen LogP contribution in [0.15, 0.2) is 24.3 Å². The molecule has 102 valence electrons. The van der Waals surface area contributed by atoms with Crippen molar-refractivity contribution in [2.24, 2.45) is 5.92 Å². The van der Waals surface area contributed by atoms with E-state index in [0.29, 0.717) is 13.0 Å². The van der Waals surface area contributed by atoms with E-state index in [1.54, 1.807) is 0 Å². The van der Waals surface area contributed by atoms with Crippen LogP contribution in [0, 0.1) is 5.92 Å². The van der Waals surface area contributed by atoms with Gasteiger partial charge in [0.25, 0.3) is 0 Å². The Balaban J connectivity index is 2.28. The van der Waals surface area contributed by atoms with Crippen molar-refractivity contribution < 1.29 is 4.79 Å². The SMILES string of the molecule is CCn1nc(CC(=O)C(C)CNC)c2ccccc21. The molecule has 1 N–H and O–H groups in total. The second-order valence-corrected chi connectivity index (χ2v) is 4.88.